The van der Waals surface area contributed by atoms with Gasteiger partial charge in [-0.05, 0) is 88.7 Å². The Morgan fingerprint density at radius 2 is 0.720 bits per heavy atom. The molecule has 414 valence electrons. The van der Waals surface area contributed by atoms with Gasteiger partial charge in [-0.2, -0.15) is 15.8 Å². The molecule has 3 atom stereocenters. The van der Waals surface area contributed by atoms with E-state index in [1.54, 1.807) is 0 Å². The summed E-state index contributed by atoms with van der Waals surface area (Å²) in [7, 11) is 0. The smallest absolute Gasteiger partial charge is 0.241 e. The van der Waals surface area contributed by atoms with Crippen LogP contribution in [0.4, 0.5) is 0 Å². The molecule has 3 aromatic heterocycles. The van der Waals surface area contributed by atoms with Crippen molar-refractivity contribution in [2.45, 2.75) is 251 Å². The number of hydrogen-bond acceptors (Lipinski definition) is 9. The van der Waals surface area contributed by atoms with Gasteiger partial charge >= 0.3 is 0 Å². The van der Waals surface area contributed by atoms with Crippen molar-refractivity contribution < 1.29 is 43.4 Å². The third kappa shape index (κ3) is 33.3. The minimum Gasteiger partial charge on any atom is -0.545 e. The maximum absolute atomic E-state index is 10.5. The van der Waals surface area contributed by atoms with Crippen molar-refractivity contribution in [3.05, 3.63) is 91.1 Å². The first-order chi connectivity index (χ1) is 36.6. The molecule has 3 heterocycles. The van der Waals surface area contributed by atoms with E-state index in [0.717, 1.165) is 50.7 Å². The summed E-state index contributed by atoms with van der Waals surface area (Å²) < 4.78 is 6.82. The van der Waals surface area contributed by atoms with Gasteiger partial charge in [-0.1, -0.05) is 148 Å². The first-order valence-corrected chi connectivity index (χ1v) is 28.6. The molecule has 15 nitrogen and oxygen atoms in total. The van der Waals surface area contributed by atoms with Crippen LogP contribution in [0, 0.1) is 34.0 Å². The van der Waals surface area contributed by atoms with Gasteiger partial charge in [0.25, 0.3) is 0 Å². The van der Waals surface area contributed by atoms with Crippen LogP contribution in [-0.2, 0) is 0 Å². The minimum atomic E-state index is -1.79. The lowest BCUT2D eigenvalue weighted by molar-refractivity contribution is -0.723. The summed E-state index contributed by atoms with van der Waals surface area (Å²) in [5, 5.41) is 57.3. The number of carbonyl (C=O) groups excluding carboxylic acids is 3. The molecule has 0 fully saturated rings. The van der Waals surface area contributed by atoms with Crippen LogP contribution in [-0.4, -0.2) is 32.9 Å². The molecule has 75 heavy (non-hydrogen) atoms. The summed E-state index contributed by atoms with van der Waals surface area (Å²) in [6, 6.07) is 10.8. The number of nitriles is 3. The second kappa shape index (κ2) is 46.3. The van der Waals surface area contributed by atoms with Crippen LogP contribution in [0.2, 0.25) is 0 Å². The molecule has 15 heteroatoms. The van der Waals surface area contributed by atoms with E-state index in [1.165, 1.54) is 154 Å². The van der Waals surface area contributed by atoms with E-state index in [2.05, 4.69) is 86.2 Å². The Bertz CT molecular complexity index is 1950. The third-order valence-corrected chi connectivity index (χ3v) is 13.6. The van der Waals surface area contributed by atoms with Gasteiger partial charge in [0.15, 0.2) is 0 Å². The molecule has 0 radical (unpaired) electrons. The molecule has 3 unspecified atom stereocenters. The highest BCUT2D eigenvalue weighted by atomic mass is 16.4. The number of nitrogens with zero attached hydrogens (tertiary/aromatic N) is 6. The third-order valence-electron chi connectivity index (χ3n) is 13.6. The minimum absolute atomic E-state index is 0.445. The summed E-state index contributed by atoms with van der Waals surface area (Å²) in [6.07, 6.45) is 59.1. The Balaban J connectivity index is 0.000000503. The van der Waals surface area contributed by atoms with Crippen molar-refractivity contribution in [3.8, 4) is 18.2 Å². The predicted molar refractivity (Wildman–Crippen MR) is 286 cm³/mol. The second-order valence-electron chi connectivity index (χ2n) is 19.6. The van der Waals surface area contributed by atoms with Gasteiger partial charge in [0.05, 0.1) is 36.1 Å². The van der Waals surface area contributed by atoms with Gasteiger partial charge in [0.2, 0.25) is 19.0 Å². The van der Waals surface area contributed by atoms with Gasteiger partial charge in [-0.15, -0.1) is 0 Å². The Morgan fingerprint density at radius 3 is 0.973 bits per heavy atom. The number of carboxylic acids is 3. The lowest BCUT2D eigenvalue weighted by Gasteiger charge is -2.13. The van der Waals surface area contributed by atoms with Gasteiger partial charge in [0, 0.05) is 30.4 Å². The summed E-state index contributed by atoms with van der Waals surface area (Å²) in [5.41, 5.74) is -1.84. The number of rotatable bonds is 39. The fourth-order valence-electron chi connectivity index (χ4n) is 9.19. The van der Waals surface area contributed by atoms with Crippen LogP contribution in [0.15, 0.2) is 74.4 Å². The van der Waals surface area contributed by atoms with Crippen LogP contribution in [0.1, 0.15) is 282 Å². The van der Waals surface area contributed by atoms with Gasteiger partial charge < -0.3 is 29.7 Å². The number of carbonyl (C=O) groups is 3. The number of hydrogen-bond donors (Lipinski definition) is 3. The second-order valence-corrected chi connectivity index (χ2v) is 19.6. The molecule has 0 aliphatic heterocycles. The van der Waals surface area contributed by atoms with E-state index >= 15 is 0 Å². The zero-order valence-corrected chi connectivity index (χ0v) is 46.1. The van der Waals surface area contributed by atoms with Crippen molar-refractivity contribution in [1.29, 1.82) is 15.8 Å². The van der Waals surface area contributed by atoms with Gasteiger partial charge in [-0.25, -0.2) is 13.7 Å². The number of unbranched alkanes of at least 4 members (excludes halogenated alkanes) is 21. The molecule has 1 aromatic carbocycles. The Kier molecular flexibility index (Phi) is 41.2. The van der Waals surface area contributed by atoms with Crippen molar-refractivity contribution in [2.75, 3.05) is 0 Å². The molecular weight excluding hydrogens is 943 g/mol. The first kappa shape index (κ1) is 66.7. The molecule has 0 saturated carbocycles. The van der Waals surface area contributed by atoms with Crippen LogP contribution >= 0.6 is 0 Å². The van der Waals surface area contributed by atoms with Crippen molar-refractivity contribution in [2.24, 2.45) is 0 Å². The monoisotopic (exact) mass is 1040 g/mol. The summed E-state index contributed by atoms with van der Waals surface area (Å²) in [4.78, 5) is 40.7. The Labute approximate surface area is 450 Å². The molecule has 0 saturated heterocycles. The van der Waals surface area contributed by atoms with Crippen LogP contribution < -0.4 is 29.0 Å². The van der Waals surface area contributed by atoms with Gasteiger partial charge in [-0.3, -0.25) is 15.0 Å². The van der Waals surface area contributed by atoms with E-state index in [0.29, 0.717) is 43.5 Å². The van der Waals surface area contributed by atoms with Gasteiger partial charge in [0.1, 0.15) is 55.3 Å². The Hall–Kier alpha value is -6.27. The topological polar surface area (TPSA) is 251 Å². The van der Waals surface area contributed by atoms with Crippen LogP contribution in [0.5, 0.6) is 0 Å². The molecule has 0 aliphatic rings. The number of nitrogens with one attached hydrogen (secondary N) is 3. The highest BCUT2D eigenvalue weighted by Gasteiger charge is 2.17. The maximum Gasteiger partial charge on any atom is 0.241 e. The highest BCUT2D eigenvalue weighted by Crippen LogP contribution is 2.21. The predicted octanol–water partition coefficient (Wildman–Crippen LogP) is 10.8. The SMILES string of the molecule is CCCCCCCCCC(CCCC#N)[n+]1cc[nH]c1.CCCCCCCCCC(CCCC#N)[n+]1cc[nH]c1.CCCCCCCCCC(CCCC#N)[n+]1cc[nH]c1.O=C([O-])c1ccc(C(=O)[O-])c(C(=O)[O-])c1. The number of aromatic nitrogens is 6. The number of carboxylic acid groups (broad SMARTS) is 3. The number of aromatic carboxylic acids is 3. The van der Waals surface area contributed by atoms with E-state index in [4.69, 9.17) is 15.8 Å². The number of benzene rings is 1. The lowest BCUT2D eigenvalue weighted by atomic mass is 10.0. The fraction of sp³-hybridized carbons (Fsp3) is 0.650. The van der Waals surface area contributed by atoms with Crippen LogP contribution in [0.25, 0.3) is 0 Å². The maximum atomic E-state index is 10.5. The van der Waals surface area contributed by atoms with E-state index in [1.807, 2.05) is 37.6 Å². The van der Waals surface area contributed by atoms with Crippen molar-refractivity contribution >= 4 is 17.9 Å². The fourth-order valence-corrected chi connectivity index (χ4v) is 9.19. The van der Waals surface area contributed by atoms with Crippen molar-refractivity contribution in [3.63, 3.8) is 0 Å². The lowest BCUT2D eigenvalue weighted by Crippen LogP contribution is -2.37. The molecule has 4 rings (SSSR count). The molecule has 3 N–H and O–H groups in total. The number of imidazole rings is 3. The largest absolute Gasteiger partial charge is 0.545 e. The summed E-state index contributed by atoms with van der Waals surface area (Å²) in [5.74, 6) is -5.13. The molecular formula is C60H93N9O6. The van der Waals surface area contributed by atoms with E-state index < -0.39 is 34.6 Å². The standard InChI is InChI=1S/3C17H29N3.C9H6O6/c3*1-2-3-4-5-6-7-8-11-17(12-9-10-13-18)20-15-14-19-16-20;10-7(11)4-1-2-5(8(12)13)6(3-4)9(14)15/h3*14-17H,2-12H2,1H3;1-3H,(H,10,11)(H,12,13)(H,14,15). The molecule has 0 aliphatic carbocycles. The molecule has 0 spiro atoms. The first-order valence-electron chi connectivity index (χ1n) is 28.6. The molecule has 0 bridgehead atoms. The summed E-state index contributed by atoms with van der Waals surface area (Å²) in [6.45, 7) is 6.79. The van der Waals surface area contributed by atoms with E-state index in [9.17, 15) is 29.7 Å². The van der Waals surface area contributed by atoms with Crippen molar-refractivity contribution in [1.82, 2.24) is 15.0 Å². The van der Waals surface area contributed by atoms with Crippen LogP contribution in [0.3, 0.4) is 0 Å². The highest BCUT2D eigenvalue weighted by molar-refractivity contribution is 6.02. The zero-order valence-electron chi connectivity index (χ0n) is 46.1. The Morgan fingerprint density at radius 1 is 0.427 bits per heavy atom. The van der Waals surface area contributed by atoms with E-state index in [-0.39, 0.29) is 0 Å². The zero-order chi connectivity index (χ0) is 55.0. The normalized spacial score (nSPS) is 11.7. The quantitative estimate of drug-likeness (QED) is 0.0283. The average molecular weight is 1040 g/mol. The number of aromatic amines is 3. The molecule has 0 amide bonds. The summed E-state index contributed by atoms with van der Waals surface area (Å²) >= 11 is 0. The number of H-pyrrole nitrogens is 3. The average Bonchev–Trinajstić information content (AvgIpc) is 4.26. The molecule has 4 aromatic rings.